The highest BCUT2D eigenvalue weighted by atomic mass is 16.2. The van der Waals surface area contributed by atoms with E-state index in [0.29, 0.717) is 0 Å². The van der Waals surface area contributed by atoms with Crippen LogP contribution in [0.2, 0.25) is 0 Å². The molecule has 0 fully saturated rings. The van der Waals surface area contributed by atoms with Gasteiger partial charge in [-0.05, 0) is 44.4 Å². The fourth-order valence-corrected chi connectivity index (χ4v) is 5.31. The van der Waals surface area contributed by atoms with E-state index in [1.54, 1.807) is 0 Å². The van der Waals surface area contributed by atoms with Crippen LogP contribution in [0, 0.1) is 0 Å². The van der Waals surface area contributed by atoms with Crippen molar-refractivity contribution in [1.82, 2.24) is 0 Å². The zero-order valence-electron chi connectivity index (χ0n) is 20.1. The van der Waals surface area contributed by atoms with Gasteiger partial charge in [0.1, 0.15) is 7.05 Å². The molecule has 0 saturated carbocycles. The maximum atomic E-state index is 7.00. The van der Waals surface area contributed by atoms with E-state index >= 15 is 0 Å². The van der Waals surface area contributed by atoms with Gasteiger partial charge in [-0.3, -0.25) is 0 Å². The molecule has 164 valence electrons. The van der Waals surface area contributed by atoms with Crippen LogP contribution in [0.25, 0.3) is 0 Å². The van der Waals surface area contributed by atoms with Crippen molar-refractivity contribution in [1.29, 1.82) is 0 Å². The van der Waals surface area contributed by atoms with Crippen molar-refractivity contribution in [2.24, 2.45) is 0 Å². The molecule has 2 unspecified atom stereocenters. The van der Waals surface area contributed by atoms with Crippen molar-refractivity contribution in [3.8, 4) is 0 Å². The highest BCUT2D eigenvalue weighted by Gasteiger charge is 2.45. The molecule has 0 bridgehead atoms. The number of nitrogens with zero attached hydrogens (tertiary/aromatic N) is 2. The van der Waals surface area contributed by atoms with Crippen LogP contribution < -0.4 is 4.90 Å². The number of anilines is 1. The van der Waals surface area contributed by atoms with Crippen molar-refractivity contribution in [2.45, 2.75) is 51.4 Å². The minimum absolute atomic E-state index is 0.0545. The smallest absolute Gasteiger partial charge is 0.209 e. The average molecular weight is 418 g/mol. The zero-order valence-corrected chi connectivity index (χ0v) is 20.1. The fourth-order valence-electron chi connectivity index (χ4n) is 5.31. The second kappa shape index (κ2) is 8.84. The van der Waals surface area contributed by atoms with Crippen LogP contribution in [0.1, 0.15) is 51.7 Å². The SMILES string of the molecule is CCC1(C)C(=CC=CC2=[N+](C)c3ccccc3C2(C)CC)N(C)c2ccccc21.CO. The highest BCUT2D eigenvalue weighted by Crippen LogP contribution is 2.49. The Morgan fingerprint density at radius 2 is 1.48 bits per heavy atom. The lowest BCUT2D eigenvalue weighted by molar-refractivity contribution is -0.401. The lowest BCUT2D eigenvalue weighted by Crippen LogP contribution is -2.29. The highest BCUT2D eigenvalue weighted by molar-refractivity contribution is 6.03. The third-order valence-corrected chi connectivity index (χ3v) is 7.50. The van der Waals surface area contributed by atoms with Crippen molar-refractivity contribution < 1.29 is 9.68 Å². The first kappa shape index (κ1) is 23.0. The van der Waals surface area contributed by atoms with Gasteiger partial charge in [0.25, 0.3) is 0 Å². The Labute approximate surface area is 188 Å². The molecular formula is C28H37N2O+. The summed E-state index contributed by atoms with van der Waals surface area (Å²) in [6.07, 6.45) is 9.08. The molecule has 2 aliphatic rings. The molecule has 3 heteroatoms. The standard InChI is InChI=1S/C27H33N2.CH4O/c1-7-26(3)20-14-9-11-16-22(20)28(5)24(26)18-13-19-25-27(4,8-2)21-15-10-12-17-23(21)29(25)6;1-2/h9-19H,7-8H2,1-6H3;2H,1H3/q+1;. The number of aliphatic hydroxyl groups is 1. The lowest BCUT2D eigenvalue weighted by atomic mass is 9.77. The predicted octanol–water partition coefficient (Wildman–Crippen LogP) is 5.95. The van der Waals surface area contributed by atoms with E-state index in [-0.39, 0.29) is 10.8 Å². The van der Waals surface area contributed by atoms with Crippen LogP contribution in [0.4, 0.5) is 11.4 Å². The van der Waals surface area contributed by atoms with Crippen molar-refractivity contribution >= 4 is 17.1 Å². The first-order valence-corrected chi connectivity index (χ1v) is 11.3. The number of allylic oxidation sites excluding steroid dienone is 4. The third-order valence-electron chi connectivity index (χ3n) is 7.50. The molecule has 4 rings (SSSR count). The molecule has 0 saturated heterocycles. The second-order valence-electron chi connectivity index (χ2n) is 8.82. The van der Waals surface area contributed by atoms with Crippen LogP contribution in [0.3, 0.4) is 0 Å². The molecule has 2 aliphatic heterocycles. The van der Waals surface area contributed by atoms with Crippen LogP contribution in [-0.4, -0.2) is 36.6 Å². The average Bonchev–Trinajstić information content (AvgIpc) is 3.17. The van der Waals surface area contributed by atoms with Gasteiger partial charge in [0.15, 0.2) is 5.71 Å². The van der Waals surface area contributed by atoms with E-state index < -0.39 is 0 Å². The minimum atomic E-state index is 0.0545. The van der Waals surface area contributed by atoms with Crippen LogP contribution in [0.15, 0.2) is 72.5 Å². The summed E-state index contributed by atoms with van der Waals surface area (Å²) in [6.45, 7) is 9.32. The van der Waals surface area contributed by atoms with E-state index in [4.69, 9.17) is 5.11 Å². The molecular weight excluding hydrogens is 380 g/mol. The Morgan fingerprint density at radius 3 is 2.13 bits per heavy atom. The van der Waals surface area contributed by atoms with Gasteiger partial charge in [0.05, 0.1) is 5.41 Å². The molecule has 0 spiro atoms. The Bertz CT molecular complexity index is 1050. The zero-order chi connectivity index (χ0) is 22.8. The van der Waals surface area contributed by atoms with E-state index in [9.17, 15) is 0 Å². The number of likely N-dealkylation sites (N-methyl/N-ethyl adjacent to an activating group) is 1. The fraction of sp³-hybridized carbons (Fsp3) is 0.393. The molecule has 3 nitrogen and oxygen atoms in total. The number of rotatable bonds is 4. The molecule has 2 aromatic carbocycles. The Balaban J connectivity index is 0.00000132. The van der Waals surface area contributed by atoms with Crippen molar-refractivity contribution in [2.75, 3.05) is 26.1 Å². The first-order chi connectivity index (χ1) is 14.9. The summed E-state index contributed by atoms with van der Waals surface area (Å²) in [7, 11) is 5.39. The molecule has 0 aromatic heterocycles. The number of aliphatic hydroxyl groups excluding tert-OH is 1. The molecule has 0 amide bonds. The second-order valence-corrected chi connectivity index (χ2v) is 8.82. The molecule has 1 N–H and O–H groups in total. The molecule has 0 aliphatic carbocycles. The van der Waals surface area contributed by atoms with Gasteiger partial charge < -0.3 is 10.0 Å². The quantitative estimate of drug-likeness (QED) is 0.622. The van der Waals surface area contributed by atoms with E-state index in [1.807, 2.05) is 0 Å². The number of para-hydroxylation sites is 2. The normalized spacial score (nSPS) is 25.7. The topological polar surface area (TPSA) is 26.5 Å². The van der Waals surface area contributed by atoms with E-state index in [1.165, 1.54) is 33.9 Å². The summed E-state index contributed by atoms with van der Waals surface area (Å²) in [6, 6.07) is 17.6. The monoisotopic (exact) mass is 417 g/mol. The van der Waals surface area contributed by atoms with Crippen LogP contribution in [-0.2, 0) is 10.8 Å². The molecule has 31 heavy (non-hydrogen) atoms. The predicted molar refractivity (Wildman–Crippen MR) is 133 cm³/mol. The number of fused-ring (bicyclic) bond motifs is 2. The maximum Gasteiger partial charge on any atom is 0.209 e. The Hall–Kier alpha value is -2.65. The van der Waals surface area contributed by atoms with Gasteiger partial charge in [-0.1, -0.05) is 56.3 Å². The Morgan fingerprint density at radius 1 is 0.903 bits per heavy atom. The number of benzene rings is 2. The number of hydrogen-bond acceptors (Lipinski definition) is 2. The van der Waals surface area contributed by atoms with Crippen LogP contribution in [0.5, 0.6) is 0 Å². The number of hydrogen-bond donors (Lipinski definition) is 1. The lowest BCUT2D eigenvalue weighted by Gasteiger charge is -2.27. The summed E-state index contributed by atoms with van der Waals surface area (Å²) in [5.74, 6) is 0. The molecule has 0 radical (unpaired) electrons. The largest absolute Gasteiger partial charge is 0.400 e. The van der Waals surface area contributed by atoms with Gasteiger partial charge >= 0.3 is 0 Å². The van der Waals surface area contributed by atoms with Gasteiger partial charge in [0.2, 0.25) is 5.69 Å². The van der Waals surface area contributed by atoms with E-state index in [2.05, 4.69) is 118 Å². The maximum absolute atomic E-state index is 7.00. The van der Waals surface area contributed by atoms with Crippen molar-refractivity contribution in [3.63, 3.8) is 0 Å². The molecule has 2 heterocycles. The summed E-state index contributed by atoms with van der Waals surface area (Å²) in [5, 5.41) is 7.00. The van der Waals surface area contributed by atoms with Gasteiger partial charge in [-0.15, -0.1) is 0 Å². The summed E-state index contributed by atoms with van der Waals surface area (Å²) in [5.41, 5.74) is 8.37. The third kappa shape index (κ3) is 3.45. The Kier molecular flexibility index (Phi) is 6.56. The van der Waals surface area contributed by atoms with Gasteiger partial charge in [-0.2, -0.15) is 4.58 Å². The summed E-state index contributed by atoms with van der Waals surface area (Å²) >= 11 is 0. The van der Waals surface area contributed by atoms with E-state index in [0.717, 1.165) is 20.0 Å². The minimum Gasteiger partial charge on any atom is -0.400 e. The van der Waals surface area contributed by atoms with Gasteiger partial charge in [-0.25, -0.2) is 0 Å². The first-order valence-electron chi connectivity index (χ1n) is 11.3. The molecule has 2 aromatic rings. The van der Waals surface area contributed by atoms with Crippen molar-refractivity contribution in [3.05, 3.63) is 83.6 Å². The van der Waals surface area contributed by atoms with Crippen LogP contribution >= 0.6 is 0 Å². The summed E-state index contributed by atoms with van der Waals surface area (Å²) < 4.78 is 2.36. The molecule has 2 atom stereocenters. The van der Waals surface area contributed by atoms with Gasteiger partial charge in [0, 0.05) is 48.7 Å². The summed E-state index contributed by atoms with van der Waals surface area (Å²) in [4.78, 5) is 2.36.